The summed E-state index contributed by atoms with van der Waals surface area (Å²) in [5.41, 5.74) is 1.21. The molecule has 1 aliphatic heterocycles. The van der Waals surface area contributed by atoms with E-state index in [0.717, 1.165) is 0 Å². The Balaban J connectivity index is 1.71. The third kappa shape index (κ3) is 6.14. The molecule has 1 atom stereocenters. The Morgan fingerprint density at radius 1 is 1.13 bits per heavy atom. The number of amides is 1. The minimum Gasteiger partial charge on any atom is -0.452 e. The van der Waals surface area contributed by atoms with E-state index in [1.807, 2.05) is 0 Å². The van der Waals surface area contributed by atoms with Crippen LogP contribution in [0.15, 0.2) is 48.5 Å². The molecule has 0 bridgehead atoms. The van der Waals surface area contributed by atoms with Gasteiger partial charge in [-0.3, -0.25) is 4.79 Å². The van der Waals surface area contributed by atoms with Gasteiger partial charge in [0, 0.05) is 11.1 Å². The van der Waals surface area contributed by atoms with Crippen LogP contribution in [0.25, 0.3) is 11.6 Å². The van der Waals surface area contributed by atoms with E-state index in [9.17, 15) is 22.4 Å². The van der Waals surface area contributed by atoms with Gasteiger partial charge in [0.15, 0.2) is 16.4 Å². The van der Waals surface area contributed by atoms with Crippen molar-refractivity contribution in [1.29, 1.82) is 0 Å². The second kappa shape index (κ2) is 9.40. The van der Waals surface area contributed by atoms with Gasteiger partial charge in [-0.1, -0.05) is 35.9 Å². The van der Waals surface area contributed by atoms with Crippen LogP contribution < -0.4 is 5.32 Å². The fraction of sp³-hybridized carbons (Fsp3) is 0.238. The number of hydrogen-bond donors (Lipinski definition) is 1. The van der Waals surface area contributed by atoms with Crippen LogP contribution in [0.3, 0.4) is 0 Å². The molecule has 1 N–H and O–H groups in total. The number of halogens is 2. The van der Waals surface area contributed by atoms with Crippen molar-refractivity contribution in [1.82, 2.24) is 5.32 Å². The lowest BCUT2D eigenvalue weighted by Gasteiger charge is -2.12. The summed E-state index contributed by atoms with van der Waals surface area (Å²) in [5, 5.41) is 3.08. The molecule has 1 fully saturated rings. The molecule has 30 heavy (non-hydrogen) atoms. The van der Waals surface area contributed by atoms with Crippen LogP contribution in [0.2, 0.25) is 5.02 Å². The van der Waals surface area contributed by atoms with Gasteiger partial charge in [0.25, 0.3) is 5.91 Å². The van der Waals surface area contributed by atoms with E-state index in [4.69, 9.17) is 16.3 Å². The highest BCUT2D eigenvalue weighted by atomic mass is 35.5. The zero-order valence-corrected chi connectivity index (χ0v) is 17.4. The van der Waals surface area contributed by atoms with Gasteiger partial charge in [-0.2, -0.15) is 0 Å². The number of rotatable bonds is 6. The number of benzene rings is 2. The molecule has 2 aromatic carbocycles. The van der Waals surface area contributed by atoms with Gasteiger partial charge in [-0.15, -0.1) is 0 Å². The summed E-state index contributed by atoms with van der Waals surface area (Å²) in [4.78, 5) is 24.7. The third-order valence-electron chi connectivity index (χ3n) is 4.49. The van der Waals surface area contributed by atoms with E-state index in [1.165, 1.54) is 24.3 Å². The van der Waals surface area contributed by atoms with E-state index in [0.29, 0.717) is 22.6 Å². The van der Waals surface area contributed by atoms with E-state index < -0.39 is 40.2 Å². The molecule has 1 saturated heterocycles. The number of carbonyl (C=O) groups excluding carboxylic acids is 2. The van der Waals surface area contributed by atoms with E-state index in [-0.39, 0.29) is 17.1 Å². The molecule has 0 aromatic heterocycles. The highest BCUT2D eigenvalue weighted by molar-refractivity contribution is 7.91. The van der Waals surface area contributed by atoms with Crippen molar-refractivity contribution < 1.29 is 27.1 Å². The lowest BCUT2D eigenvalue weighted by atomic mass is 10.0. The number of hydrogen-bond acceptors (Lipinski definition) is 5. The number of esters is 1. The molecule has 1 amide bonds. The van der Waals surface area contributed by atoms with Crippen LogP contribution in [0.1, 0.15) is 17.5 Å². The summed E-state index contributed by atoms with van der Waals surface area (Å²) in [6.07, 6.45) is 1.88. The van der Waals surface area contributed by atoms with Crippen molar-refractivity contribution in [3.05, 3.63) is 70.5 Å². The molecule has 2 aromatic rings. The fourth-order valence-corrected chi connectivity index (χ4v) is 4.80. The van der Waals surface area contributed by atoms with Crippen molar-refractivity contribution in [3.63, 3.8) is 0 Å². The minimum absolute atomic E-state index is 0.0241. The van der Waals surface area contributed by atoms with Gasteiger partial charge in [-0.25, -0.2) is 17.6 Å². The molecule has 6 nitrogen and oxygen atoms in total. The first kappa shape index (κ1) is 22.0. The largest absolute Gasteiger partial charge is 0.452 e. The number of sulfone groups is 1. The maximum Gasteiger partial charge on any atom is 0.339 e. The predicted molar refractivity (Wildman–Crippen MR) is 112 cm³/mol. The second-order valence-electron chi connectivity index (χ2n) is 6.86. The predicted octanol–water partition coefficient (Wildman–Crippen LogP) is 2.87. The van der Waals surface area contributed by atoms with Crippen LogP contribution in [0, 0.1) is 5.82 Å². The Morgan fingerprint density at radius 3 is 2.40 bits per heavy atom. The first-order chi connectivity index (χ1) is 14.2. The molecule has 0 unspecified atom stereocenters. The van der Waals surface area contributed by atoms with Crippen LogP contribution in [0.5, 0.6) is 0 Å². The Bertz CT molecular complexity index is 1070. The minimum atomic E-state index is -3.13. The fourth-order valence-electron chi connectivity index (χ4n) is 3.00. The molecule has 3 rings (SSSR count). The zero-order valence-electron chi connectivity index (χ0n) is 15.8. The second-order valence-corrected chi connectivity index (χ2v) is 9.53. The Labute approximate surface area is 178 Å². The van der Waals surface area contributed by atoms with E-state index in [1.54, 1.807) is 30.3 Å². The van der Waals surface area contributed by atoms with Gasteiger partial charge in [-0.05, 0) is 47.9 Å². The summed E-state index contributed by atoms with van der Waals surface area (Å²) in [5.74, 6) is -1.91. The van der Waals surface area contributed by atoms with Gasteiger partial charge in [0.2, 0.25) is 0 Å². The molecule has 1 heterocycles. The molecule has 0 aliphatic carbocycles. The summed E-state index contributed by atoms with van der Waals surface area (Å²) in [6.45, 7) is -0.561. The Hall–Kier alpha value is -2.71. The van der Waals surface area contributed by atoms with Crippen LogP contribution in [-0.4, -0.2) is 44.4 Å². The van der Waals surface area contributed by atoms with E-state index in [2.05, 4.69) is 5.32 Å². The smallest absolute Gasteiger partial charge is 0.339 e. The molecule has 158 valence electrons. The maximum absolute atomic E-state index is 13.3. The highest BCUT2D eigenvalue weighted by Crippen LogP contribution is 2.21. The Kier molecular flexibility index (Phi) is 6.89. The van der Waals surface area contributed by atoms with Crippen molar-refractivity contribution in [2.75, 3.05) is 18.1 Å². The standard InChI is InChI=1S/C21H19ClFNO5S/c22-16-5-1-14(2-6-16)11-19(15-3-7-17(23)8-4-15)21(26)29-12-20(25)24-18-9-10-30(27,28)13-18/h1-8,11,18H,9-10,12-13H2,(H,24,25)/b19-11-/t18-/m0/s1. The molecule has 9 heteroatoms. The quantitative estimate of drug-likeness (QED) is 0.414. The van der Waals surface area contributed by atoms with Gasteiger partial charge < -0.3 is 10.1 Å². The van der Waals surface area contributed by atoms with Gasteiger partial charge in [0.05, 0.1) is 17.1 Å². The van der Waals surface area contributed by atoms with Crippen LogP contribution in [0.4, 0.5) is 4.39 Å². The maximum atomic E-state index is 13.3. The summed E-state index contributed by atoms with van der Waals surface area (Å²) in [7, 11) is -3.13. The topological polar surface area (TPSA) is 89.5 Å². The molecule has 0 spiro atoms. The van der Waals surface area contributed by atoms with Crippen molar-refractivity contribution in [3.8, 4) is 0 Å². The third-order valence-corrected chi connectivity index (χ3v) is 6.51. The zero-order chi connectivity index (χ0) is 21.7. The van der Waals surface area contributed by atoms with Gasteiger partial charge >= 0.3 is 5.97 Å². The van der Waals surface area contributed by atoms with Crippen LogP contribution in [-0.2, 0) is 24.2 Å². The van der Waals surface area contributed by atoms with Crippen molar-refractivity contribution >= 4 is 45.0 Å². The summed E-state index contributed by atoms with van der Waals surface area (Å²) < 4.78 is 41.3. The molecular formula is C21H19ClFNO5S. The first-order valence-corrected chi connectivity index (χ1v) is 11.3. The van der Waals surface area contributed by atoms with Gasteiger partial charge in [0.1, 0.15) is 5.82 Å². The monoisotopic (exact) mass is 451 g/mol. The van der Waals surface area contributed by atoms with E-state index >= 15 is 0 Å². The Morgan fingerprint density at radius 2 is 1.80 bits per heavy atom. The molecular weight excluding hydrogens is 433 g/mol. The van der Waals surface area contributed by atoms with Crippen molar-refractivity contribution in [2.24, 2.45) is 0 Å². The first-order valence-electron chi connectivity index (χ1n) is 9.12. The lowest BCUT2D eigenvalue weighted by molar-refractivity contribution is -0.143. The van der Waals surface area contributed by atoms with Crippen LogP contribution >= 0.6 is 11.6 Å². The number of nitrogens with one attached hydrogen (secondary N) is 1. The number of carbonyl (C=O) groups is 2. The normalized spacial score (nSPS) is 18.1. The van der Waals surface area contributed by atoms with Crippen molar-refractivity contribution in [2.45, 2.75) is 12.5 Å². The SMILES string of the molecule is O=C(COC(=O)/C(=C\c1ccc(Cl)cc1)c1ccc(F)cc1)N[C@H]1CCS(=O)(=O)C1. The highest BCUT2D eigenvalue weighted by Gasteiger charge is 2.29. The molecule has 0 radical (unpaired) electrons. The summed E-state index contributed by atoms with van der Waals surface area (Å²) >= 11 is 5.88. The summed E-state index contributed by atoms with van der Waals surface area (Å²) in [6, 6.07) is 11.5. The lowest BCUT2D eigenvalue weighted by Crippen LogP contribution is -2.38. The number of ether oxygens (including phenoxy) is 1. The molecule has 0 saturated carbocycles. The molecule has 1 aliphatic rings. The average Bonchev–Trinajstić information content (AvgIpc) is 3.04. The average molecular weight is 452 g/mol.